The Morgan fingerprint density at radius 1 is 1.07 bits per heavy atom. The van der Waals surface area contributed by atoms with Gasteiger partial charge in [0.25, 0.3) is 0 Å². The van der Waals surface area contributed by atoms with E-state index < -0.39 is 6.10 Å². The Bertz CT molecular complexity index is 888. The molecule has 0 radical (unpaired) electrons. The molecule has 0 saturated carbocycles. The first-order chi connectivity index (χ1) is 13.0. The Morgan fingerprint density at radius 3 is 2.41 bits per heavy atom. The lowest BCUT2D eigenvalue weighted by atomic mass is 10.0. The predicted molar refractivity (Wildman–Crippen MR) is 102 cm³/mol. The number of rotatable bonds is 7. The van der Waals surface area contributed by atoms with E-state index in [-0.39, 0.29) is 5.92 Å². The second kappa shape index (κ2) is 8.22. The number of benzene rings is 2. The molecule has 3 rings (SSSR count). The Labute approximate surface area is 158 Å². The van der Waals surface area contributed by atoms with Crippen LogP contribution >= 0.6 is 0 Å². The number of nitrogens with zero attached hydrogens (tertiary/aromatic N) is 2. The molecular formula is C21H24N2O4. The summed E-state index contributed by atoms with van der Waals surface area (Å²) in [6, 6.07) is 13.4. The lowest BCUT2D eigenvalue weighted by Crippen LogP contribution is -2.02. The molecule has 6 heteroatoms. The van der Waals surface area contributed by atoms with Gasteiger partial charge in [-0.05, 0) is 30.2 Å². The zero-order valence-electron chi connectivity index (χ0n) is 16.0. The van der Waals surface area contributed by atoms with Crippen molar-refractivity contribution in [1.82, 2.24) is 10.1 Å². The average molecular weight is 368 g/mol. The summed E-state index contributed by atoms with van der Waals surface area (Å²) in [4.78, 5) is 4.44. The summed E-state index contributed by atoms with van der Waals surface area (Å²) in [6.45, 7) is 6.05. The molecule has 0 bridgehead atoms. The molecule has 0 fully saturated rings. The van der Waals surface area contributed by atoms with Crippen LogP contribution in [0.3, 0.4) is 0 Å². The topological polar surface area (TPSA) is 77.6 Å². The molecule has 2 aromatic carbocycles. The maximum atomic E-state index is 10.3. The second-order valence-corrected chi connectivity index (χ2v) is 6.65. The standard InChI is InChI=1S/C21H24N2O4/c1-13(2)21-22-20(23-27-21)17-11-18(25-4)19(10-16(17)14(3)24)26-12-15-8-6-5-7-9-15/h5-11,13-14,24H,12H2,1-4H3. The van der Waals surface area contributed by atoms with E-state index in [1.165, 1.54) is 0 Å². The summed E-state index contributed by atoms with van der Waals surface area (Å²) in [5.41, 5.74) is 2.35. The molecule has 0 aliphatic heterocycles. The third-order valence-corrected chi connectivity index (χ3v) is 4.20. The second-order valence-electron chi connectivity index (χ2n) is 6.65. The summed E-state index contributed by atoms with van der Waals surface area (Å²) in [5.74, 6) is 2.18. The van der Waals surface area contributed by atoms with Gasteiger partial charge in [0.2, 0.25) is 11.7 Å². The van der Waals surface area contributed by atoms with Crippen LogP contribution in [0.15, 0.2) is 47.0 Å². The summed E-state index contributed by atoms with van der Waals surface area (Å²) >= 11 is 0. The number of hydrogen-bond acceptors (Lipinski definition) is 6. The van der Waals surface area contributed by atoms with Crippen LogP contribution in [0.5, 0.6) is 11.5 Å². The van der Waals surface area contributed by atoms with Crippen LogP contribution < -0.4 is 9.47 Å². The van der Waals surface area contributed by atoms with Crippen molar-refractivity contribution in [3.05, 3.63) is 59.5 Å². The van der Waals surface area contributed by atoms with Crippen LogP contribution in [0.4, 0.5) is 0 Å². The van der Waals surface area contributed by atoms with E-state index in [2.05, 4.69) is 10.1 Å². The predicted octanol–water partition coefficient (Wildman–Crippen LogP) is 4.50. The molecule has 1 unspecified atom stereocenters. The number of ether oxygens (including phenoxy) is 2. The first-order valence-electron chi connectivity index (χ1n) is 8.90. The Kier molecular flexibility index (Phi) is 5.76. The fraction of sp³-hybridized carbons (Fsp3) is 0.333. The van der Waals surface area contributed by atoms with Gasteiger partial charge in [-0.1, -0.05) is 49.3 Å². The molecule has 0 aliphatic carbocycles. The largest absolute Gasteiger partial charge is 0.493 e. The maximum absolute atomic E-state index is 10.3. The van der Waals surface area contributed by atoms with Crippen molar-refractivity contribution in [2.75, 3.05) is 7.11 Å². The fourth-order valence-electron chi connectivity index (χ4n) is 2.70. The zero-order valence-corrected chi connectivity index (χ0v) is 16.0. The molecule has 1 heterocycles. The van der Waals surface area contributed by atoms with Crippen molar-refractivity contribution in [2.45, 2.75) is 39.4 Å². The van der Waals surface area contributed by atoms with Gasteiger partial charge in [0.15, 0.2) is 11.5 Å². The van der Waals surface area contributed by atoms with Crippen molar-refractivity contribution in [1.29, 1.82) is 0 Å². The molecule has 0 saturated heterocycles. The molecule has 1 N–H and O–H groups in total. The van der Waals surface area contributed by atoms with Crippen LogP contribution in [-0.4, -0.2) is 22.4 Å². The molecule has 3 aromatic rings. The number of hydrogen-bond donors (Lipinski definition) is 1. The summed E-state index contributed by atoms with van der Waals surface area (Å²) < 4.78 is 16.7. The number of aliphatic hydroxyl groups is 1. The zero-order chi connectivity index (χ0) is 19.4. The highest BCUT2D eigenvalue weighted by Crippen LogP contribution is 2.38. The third-order valence-electron chi connectivity index (χ3n) is 4.20. The lowest BCUT2D eigenvalue weighted by Gasteiger charge is -2.16. The number of aromatic nitrogens is 2. The summed E-state index contributed by atoms with van der Waals surface area (Å²) in [6.07, 6.45) is -0.731. The van der Waals surface area contributed by atoms with Gasteiger partial charge < -0.3 is 19.1 Å². The van der Waals surface area contributed by atoms with Crippen LogP contribution in [0.1, 0.15) is 49.8 Å². The van der Waals surface area contributed by atoms with E-state index in [0.29, 0.717) is 40.9 Å². The van der Waals surface area contributed by atoms with Gasteiger partial charge in [-0.15, -0.1) is 0 Å². The van der Waals surface area contributed by atoms with E-state index in [4.69, 9.17) is 14.0 Å². The van der Waals surface area contributed by atoms with Crippen LogP contribution in [0.2, 0.25) is 0 Å². The van der Waals surface area contributed by atoms with Crippen LogP contribution in [0.25, 0.3) is 11.4 Å². The lowest BCUT2D eigenvalue weighted by molar-refractivity contribution is 0.198. The van der Waals surface area contributed by atoms with Gasteiger partial charge in [0, 0.05) is 11.5 Å². The Morgan fingerprint density at radius 2 is 1.81 bits per heavy atom. The molecule has 1 aromatic heterocycles. The molecule has 142 valence electrons. The van der Waals surface area contributed by atoms with Crippen LogP contribution in [0, 0.1) is 0 Å². The Hall–Kier alpha value is -2.86. The average Bonchev–Trinajstić information content (AvgIpc) is 3.16. The van der Waals surface area contributed by atoms with E-state index in [0.717, 1.165) is 5.56 Å². The van der Waals surface area contributed by atoms with Crippen molar-refractivity contribution in [3.8, 4) is 22.9 Å². The highest BCUT2D eigenvalue weighted by atomic mass is 16.5. The molecule has 1 atom stereocenters. The number of methoxy groups -OCH3 is 1. The minimum absolute atomic E-state index is 0.122. The smallest absolute Gasteiger partial charge is 0.229 e. The molecule has 6 nitrogen and oxygen atoms in total. The first kappa shape index (κ1) is 18.9. The summed E-state index contributed by atoms with van der Waals surface area (Å²) in [7, 11) is 1.58. The number of aliphatic hydroxyl groups excluding tert-OH is 1. The van der Waals surface area contributed by atoms with Gasteiger partial charge in [-0.25, -0.2) is 0 Å². The van der Waals surface area contributed by atoms with Crippen LogP contribution in [-0.2, 0) is 6.61 Å². The maximum Gasteiger partial charge on any atom is 0.229 e. The molecule has 0 spiro atoms. The SMILES string of the molecule is COc1cc(-c2noc(C(C)C)n2)c(C(C)O)cc1OCc1ccccc1. The monoisotopic (exact) mass is 368 g/mol. The highest BCUT2D eigenvalue weighted by molar-refractivity contribution is 5.66. The van der Waals surface area contributed by atoms with E-state index in [1.807, 2.05) is 44.2 Å². The van der Waals surface area contributed by atoms with Gasteiger partial charge in [0.05, 0.1) is 13.2 Å². The minimum Gasteiger partial charge on any atom is -0.493 e. The summed E-state index contributed by atoms with van der Waals surface area (Å²) in [5, 5.41) is 14.3. The molecule has 27 heavy (non-hydrogen) atoms. The normalized spacial score (nSPS) is 12.2. The molecule has 0 aliphatic rings. The highest BCUT2D eigenvalue weighted by Gasteiger charge is 2.21. The first-order valence-corrected chi connectivity index (χ1v) is 8.90. The van der Waals surface area contributed by atoms with Gasteiger partial charge in [-0.3, -0.25) is 0 Å². The van der Waals surface area contributed by atoms with E-state index >= 15 is 0 Å². The minimum atomic E-state index is -0.731. The van der Waals surface area contributed by atoms with E-state index in [9.17, 15) is 5.11 Å². The van der Waals surface area contributed by atoms with E-state index in [1.54, 1.807) is 26.2 Å². The Balaban J connectivity index is 1.97. The quantitative estimate of drug-likeness (QED) is 0.661. The third kappa shape index (κ3) is 4.28. The fourth-order valence-corrected chi connectivity index (χ4v) is 2.70. The molecular weight excluding hydrogens is 344 g/mol. The van der Waals surface area contributed by atoms with Gasteiger partial charge in [-0.2, -0.15) is 4.98 Å². The van der Waals surface area contributed by atoms with Crippen molar-refractivity contribution in [3.63, 3.8) is 0 Å². The van der Waals surface area contributed by atoms with Crippen molar-refractivity contribution >= 4 is 0 Å². The molecule has 0 amide bonds. The van der Waals surface area contributed by atoms with Crippen molar-refractivity contribution in [2.24, 2.45) is 0 Å². The van der Waals surface area contributed by atoms with Crippen molar-refractivity contribution < 1.29 is 19.1 Å². The van der Waals surface area contributed by atoms with Gasteiger partial charge >= 0.3 is 0 Å². The van der Waals surface area contributed by atoms with Gasteiger partial charge in [0.1, 0.15) is 6.61 Å².